The summed E-state index contributed by atoms with van der Waals surface area (Å²) in [5.41, 5.74) is 5.95. The molecule has 1 fully saturated rings. The Bertz CT molecular complexity index is 174. The van der Waals surface area contributed by atoms with E-state index in [1.165, 1.54) is 39.0 Å². The summed E-state index contributed by atoms with van der Waals surface area (Å²) in [4.78, 5) is 4.90. The molecule has 2 N–H and O–H groups in total. The van der Waals surface area contributed by atoms with E-state index in [1.807, 2.05) is 0 Å². The van der Waals surface area contributed by atoms with Crippen molar-refractivity contribution in [3.8, 4) is 0 Å². The van der Waals surface area contributed by atoms with Crippen LogP contribution in [0.25, 0.3) is 0 Å². The van der Waals surface area contributed by atoms with E-state index in [0.29, 0.717) is 6.04 Å². The number of likely N-dealkylation sites (tertiary alicyclic amines) is 1. The molecule has 1 unspecified atom stereocenters. The molecule has 0 saturated carbocycles. The van der Waals surface area contributed by atoms with Crippen molar-refractivity contribution in [3.05, 3.63) is 0 Å². The Hall–Kier alpha value is -0.120. The summed E-state index contributed by atoms with van der Waals surface area (Å²) in [5.74, 6) is 0.908. The number of rotatable bonds is 6. The zero-order valence-corrected chi connectivity index (χ0v) is 11.3. The van der Waals surface area contributed by atoms with Gasteiger partial charge in [0.1, 0.15) is 0 Å². The Morgan fingerprint density at radius 3 is 2.44 bits per heavy atom. The standard InChI is InChI=1S/C13H29N3/c1-4-13(14)7-10-16-8-5-12(6-9-16)11-15(2)3/h12-13H,4-11,14H2,1-3H3. The highest BCUT2D eigenvalue weighted by Gasteiger charge is 2.19. The third-order valence-electron chi connectivity index (χ3n) is 3.67. The first kappa shape index (κ1) is 13.9. The monoisotopic (exact) mass is 227 g/mol. The van der Waals surface area contributed by atoms with Gasteiger partial charge in [-0.1, -0.05) is 6.92 Å². The summed E-state index contributed by atoms with van der Waals surface area (Å²) in [7, 11) is 4.35. The minimum atomic E-state index is 0.402. The lowest BCUT2D eigenvalue weighted by atomic mass is 9.96. The number of hydrogen-bond donors (Lipinski definition) is 1. The van der Waals surface area contributed by atoms with Crippen LogP contribution >= 0.6 is 0 Å². The Balaban J connectivity index is 2.12. The van der Waals surface area contributed by atoms with Crippen molar-refractivity contribution >= 4 is 0 Å². The minimum absolute atomic E-state index is 0.402. The molecule has 3 heteroatoms. The van der Waals surface area contributed by atoms with Crippen molar-refractivity contribution in [2.45, 2.75) is 38.6 Å². The Kier molecular flexibility index (Phi) is 6.32. The van der Waals surface area contributed by atoms with Gasteiger partial charge in [0.15, 0.2) is 0 Å². The molecule has 1 aliphatic rings. The van der Waals surface area contributed by atoms with E-state index in [1.54, 1.807) is 0 Å². The maximum Gasteiger partial charge on any atom is 0.00483 e. The van der Waals surface area contributed by atoms with Crippen LogP contribution in [0.1, 0.15) is 32.6 Å². The topological polar surface area (TPSA) is 32.5 Å². The van der Waals surface area contributed by atoms with Gasteiger partial charge in [-0.3, -0.25) is 0 Å². The fourth-order valence-corrected chi connectivity index (χ4v) is 2.46. The fraction of sp³-hybridized carbons (Fsp3) is 1.00. The smallest absolute Gasteiger partial charge is 0.00483 e. The van der Waals surface area contributed by atoms with Crippen LogP contribution < -0.4 is 5.73 Å². The van der Waals surface area contributed by atoms with Gasteiger partial charge >= 0.3 is 0 Å². The number of piperidine rings is 1. The average molecular weight is 227 g/mol. The molecule has 16 heavy (non-hydrogen) atoms. The Morgan fingerprint density at radius 1 is 1.31 bits per heavy atom. The molecule has 1 aliphatic heterocycles. The van der Waals surface area contributed by atoms with Crippen LogP contribution in [-0.4, -0.2) is 56.1 Å². The molecular formula is C13H29N3. The first-order valence-corrected chi connectivity index (χ1v) is 6.74. The van der Waals surface area contributed by atoms with Crippen LogP contribution in [0.3, 0.4) is 0 Å². The van der Waals surface area contributed by atoms with Gasteiger partial charge in [0.2, 0.25) is 0 Å². The maximum atomic E-state index is 5.95. The molecule has 1 heterocycles. The third-order valence-corrected chi connectivity index (χ3v) is 3.67. The summed E-state index contributed by atoms with van der Waals surface area (Å²) >= 11 is 0. The highest BCUT2D eigenvalue weighted by molar-refractivity contribution is 4.74. The molecule has 1 atom stereocenters. The molecule has 0 aromatic rings. The van der Waals surface area contributed by atoms with Crippen molar-refractivity contribution in [1.29, 1.82) is 0 Å². The van der Waals surface area contributed by atoms with Crippen molar-refractivity contribution < 1.29 is 0 Å². The first-order valence-electron chi connectivity index (χ1n) is 6.74. The normalized spacial score (nSPS) is 21.6. The molecule has 0 aromatic heterocycles. The molecule has 3 nitrogen and oxygen atoms in total. The first-order chi connectivity index (χ1) is 7.61. The maximum absolute atomic E-state index is 5.95. The van der Waals surface area contributed by atoms with Crippen molar-refractivity contribution in [2.24, 2.45) is 11.7 Å². The van der Waals surface area contributed by atoms with Gasteiger partial charge in [0.25, 0.3) is 0 Å². The van der Waals surface area contributed by atoms with Gasteiger partial charge in [-0.25, -0.2) is 0 Å². The second-order valence-electron chi connectivity index (χ2n) is 5.50. The van der Waals surface area contributed by atoms with Crippen LogP contribution in [0, 0.1) is 5.92 Å². The van der Waals surface area contributed by atoms with Crippen LogP contribution in [0.5, 0.6) is 0 Å². The van der Waals surface area contributed by atoms with Gasteiger partial charge in [-0.15, -0.1) is 0 Å². The second-order valence-corrected chi connectivity index (χ2v) is 5.50. The van der Waals surface area contributed by atoms with Crippen LogP contribution in [0.15, 0.2) is 0 Å². The lowest BCUT2D eigenvalue weighted by molar-refractivity contribution is 0.159. The summed E-state index contributed by atoms with van der Waals surface area (Å²) in [5, 5.41) is 0. The largest absolute Gasteiger partial charge is 0.328 e. The minimum Gasteiger partial charge on any atom is -0.328 e. The van der Waals surface area contributed by atoms with E-state index in [0.717, 1.165) is 18.8 Å². The van der Waals surface area contributed by atoms with E-state index in [2.05, 4.69) is 30.8 Å². The van der Waals surface area contributed by atoms with E-state index >= 15 is 0 Å². The van der Waals surface area contributed by atoms with Gasteiger partial charge in [-0.2, -0.15) is 0 Å². The third kappa shape index (κ3) is 5.28. The van der Waals surface area contributed by atoms with E-state index in [9.17, 15) is 0 Å². The van der Waals surface area contributed by atoms with Crippen LogP contribution in [0.2, 0.25) is 0 Å². The predicted octanol–water partition coefficient (Wildman–Crippen LogP) is 1.39. The van der Waals surface area contributed by atoms with Gasteiger partial charge in [0, 0.05) is 12.6 Å². The van der Waals surface area contributed by atoms with Gasteiger partial charge in [-0.05, 0) is 65.3 Å². The molecule has 1 saturated heterocycles. The molecule has 1 rings (SSSR count). The Morgan fingerprint density at radius 2 is 1.94 bits per heavy atom. The molecule has 96 valence electrons. The molecule has 0 spiro atoms. The van der Waals surface area contributed by atoms with Gasteiger partial charge in [0.05, 0.1) is 0 Å². The second kappa shape index (κ2) is 7.25. The predicted molar refractivity (Wildman–Crippen MR) is 70.6 cm³/mol. The summed E-state index contributed by atoms with van der Waals surface area (Å²) in [6, 6.07) is 0.402. The fourth-order valence-electron chi connectivity index (χ4n) is 2.46. The SMILES string of the molecule is CCC(N)CCN1CCC(CN(C)C)CC1. The number of hydrogen-bond acceptors (Lipinski definition) is 3. The summed E-state index contributed by atoms with van der Waals surface area (Å²) in [6.45, 7) is 7.17. The summed E-state index contributed by atoms with van der Waals surface area (Å²) < 4.78 is 0. The molecule has 0 aliphatic carbocycles. The van der Waals surface area contributed by atoms with Crippen molar-refractivity contribution in [3.63, 3.8) is 0 Å². The van der Waals surface area contributed by atoms with Gasteiger partial charge < -0.3 is 15.5 Å². The lowest BCUT2D eigenvalue weighted by Crippen LogP contribution is -2.39. The molecule has 0 bridgehead atoms. The Labute approximate surface area is 101 Å². The van der Waals surface area contributed by atoms with Crippen LogP contribution in [0.4, 0.5) is 0 Å². The van der Waals surface area contributed by atoms with Crippen LogP contribution in [-0.2, 0) is 0 Å². The summed E-state index contributed by atoms with van der Waals surface area (Å²) in [6.07, 6.45) is 4.99. The zero-order valence-electron chi connectivity index (χ0n) is 11.3. The molecular weight excluding hydrogens is 198 g/mol. The highest BCUT2D eigenvalue weighted by Crippen LogP contribution is 2.17. The van der Waals surface area contributed by atoms with E-state index < -0.39 is 0 Å². The van der Waals surface area contributed by atoms with E-state index in [-0.39, 0.29) is 0 Å². The van der Waals surface area contributed by atoms with Crippen molar-refractivity contribution in [2.75, 3.05) is 40.3 Å². The average Bonchev–Trinajstić information content (AvgIpc) is 2.27. The zero-order chi connectivity index (χ0) is 12.0. The highest BCUT2D eigenvalue weighted by atomic mass is 15.1. The lowest BCUT2D eigenvalue weighted by Gasteiger charge is -2.33. The quantitative estimate of drug-likeness (QED) is 0.744. The van der Waals surface area contributed by atoms with Crippen molar-refractivity contribution in [1.82, 2.24) is 9.80 Å². The molecule has 0 amide bonds. The number of nitrogens with zero attached hydrogens (tertiary/aromatic N) is 2. The molecule has 0 aromatic carbocycles. The van der Waals surface area contributed by atoms with E-state index in [4.69, 9.17) is 5.73 Å². The molecule has 0 radical (unpaired) electrons. The number of nitrogens with two attached hydrogens (primary N) is 1.